The number of aryl methyl sites for hydroxylation is 1. The van der Waals surface area contributed by atoms with E-state index in [0.717, 1.165) is 55.6 Å². The van der Waals surface area contributed by atoms with Gasteiger partial charge in [0.05, 0.1) is 5.69 Å². The van der Waals surface area contributed by atoms with Crippen LogP contribution in [0.5, 0.6) is 0 Å². The second kappa shape index (κ2) is 7.82. The Balaban J connectivity index is 1.37. The van der Waals surface area contributed by atoms with Gasteiger partial charge in [0.2, 0.25) is 0 Å². The highest BCUT2D eigenvalue weighted by atomic mass is 19.2. The van der Waals surface area contributed by atoms with Gasteiger partial charge in [0.25, 0.3) is 5.56 Å². The van der Waals surface area contributed by atoms with Gasteiger partial charge in [-0.05, 0) is 67.0 Å². The van der Waals surface area contributed by atoms with Crippen LogP contribution >= 0.6 is 0 Å². The summed E-state index contributed by atoms with van der Waals surface area (Å²) in [4.78, 5) is 19.6. The SMILES string of the molecule is C#Cc1ccc2c(c1)[C@@H](N)C1(CCN(c3cc(=O)n(-c4ccc(F)c(F)c4)c(C)n3)CC1)C2. The van der Waals surface area contributed by atoms with Crippen molar-refractivity contribution in [1.82, 2.24) is 9.55 Å². The van der Waals surface area contributed by atoms with E-state index in [2.05, 4.69) is 21.9 Å². The molecular weight excluding hydrogens is 422 g/mol. The molecule has 3 aromatic rings. The molecule has 1 fully saturated rings. The Labute approximate surface area is 190 Å². The summed E-state index contributed by atoms with van der Waals surface area (Å²) in [5.74, 6) is 1.72. The fourth-order valence-electron chi connectivity index (χ4n) is 5.31. The van der Waals surface area contributed by atoms with Crippen molar-refractivity contribution in [3.05, 3.63) is 87.0 Å². The van der Waals surface area contributed by atoms with Crippen molar-refractivity contribution in [2.75, 3.05) is 18.0 Å². The largest absolute Gasteiger partial charge is 0.356 e. The first-order valence-electron chi connectivity index (χ1n) is 11.0. The molecule has 1 atom stereocenters. The second-order valence-corrected chi connectivity index (χ2v) is 9.00. The second-order valence-electron chi connectivity index (χ2n) is 9.00. The van der Waals surface area contributed by atoms with Gasteiger partial charge in [-0.2, -0.15) is 0 Å². The molecule has 0 amide bonds. The van der Waals surface area contributed by atoms with E-state index in [4.69, 9.17) is 12.2 Å². The highest BCUT2D eigenvalue weighted by Gasteiger charge is 2.46. The summed E-state index contributed by atoms with van der Waals surface area (Å²) in [7, 11) is 0. The highest BCUT2D eigenvalue weighted by molar-refractivity contribution is 5.47. The van der Waals surface area contributed by atoms with Crippen LogP contribution in [0.4, 0.5) is 14.6 Å². The molecule has 0 saturated carbocycles. The van der Waals surface area contributed by atoms with Crippen molar-refractivity contribution in [3.63, 3.8) is 0 Å². The number of aromatic nitrogens is 2. The van der Waals surface area contributed by atoms with Gasteiger partial charge in [-0.3, -0.25) is 9.36 Å². The van der Waals surface area contributed by atoms with Gasteiger partial charge < -0.3 is 10.6 Å². The number of halogens is 2. The third-order valence-corrected chi connectivity index (χ3v) is 7.17. The number of rotatable bonds is 2. The molecule has 5 nitrogen and oxygen atoms in total. The molecule has 1 aliphatic heterocycles. The van der Waals surface area contributed by atoms with Crippen LogP contribution in [-0.2, 0) is 6.42 Å². The van der Waals surface area contributed by atoms with Gasteiger partial charge in [0.1, 0.15) is 11.6 Å². The summed E-state index contributed by atoms with van der Waals surface area (Å²) >= 11 is 0. The van der Waals surface area contributed by atoms with E-state index in [1.807, 2.05) is 12.1 Å². The number of nitrogens with zero attached hydrogens (tertiary/aromatic N) is 3. The Bertz CT molecular complexity index is 1350. The fraction of sp³-hybridized carbons (Fsp3) is 0.308. The van der Waals surface area contributed by atoms with Crippen LogP contribution in [-0.4, -0.2) is 22.6 Å². The highest BCUT2D eigenvalue weighted by Crippen LogP contribution is 2.51. The lowest BCUT2D eigenvalue weighted by Gasteiger charge is -2.42. The van der Waals surface area contributed by atoms with Gasteiger partial charge in [-0.25, -0.2) is 13.8 Å². The molecule has 0 bridgehead atoms. The van der Waals surface area contributed by atoms with Crippen molar-refractivity contribution in [2.24, 2.45) is 11.1 Å². The number of hydrogen-bond donors (Lipinski definition) is 1. The first-order valence-corrected chi connectivity index (χ1v) is 11.0. The number of nitrogens with two attached hydrogens (primary N) is 1. The Morgan fingerprint density at radius 1 is 1.12 bits per heavy atom. The van der Waals surface area contributed by atoms with Crippen LogP contribution in [0.1, 0.15) is 41.4 Å². The smallest absolute Gasteiger partial charge is 0.260 e. The number of terminal acetylenes is 1. The van der Waals surface area contributed by atoms with E-state index >= 15 is 0 Å². The lowest BCUT2D eigenvalue weighted by Crippen LogP contribution is -2.45. The van der Waals surface area contributed by atoms with Gasteiger partial charge in [0.15, 0.2) is 11.6 Å². The predicted octanol–water partition coefficient (Wildman–Crippen LogP) is 3.64. The quantitative estimate of drug-likeness (QED) is 0.611. The molecule has 33 heavy (non-hydrogen) atoms. The number of anilines is 1. The van der Waals surface area contributed by atoms with Crippen molar-refractivity contribution >= 4 is 5.82 Å². The third kappa shape index (κ3) is 3.51. The molecule has 2 aromatic carbocycles. The van der Waals surface area contributed by atoms with Crippen molar-refractivity contribution in [3.8, 4) is 18.0 Å². The maximum absolute atomic E-state index is 13.7. The van der Waals surface area contributed by atoms with Gasteiger partial charge >= 0.3 is 0 Å². The third-order valence-electron chi connectivity index (χ3n) is 7.17. The van der Waals surface area contributed by atoms with Crippen molar-refractivity contribution in [1.29, 1.82) is 0 Å². The first kappa shape index (κ1) is 21.4. The molecule has 7 heteroatoms. The minimum absolute atomic E-state index is 0.0261. The Hall–Kier alpha value is -3.50. The van der Waals surface area contributed by atoms with Crippen LogP contribution in [0.25, 0.3) is 5.69 Å². The van der Waals surface area contributed by atoms with Gasteiger partial charge in [-0.1, -0.05) is 12.0 Å². The molecule has 1 aromatic heterocycles. The minimum atomic E-state index is -1.01. The Morgan fingerprint density at radius 3 is 2.55 bits per heavy atom. The fourth-order valence-corrected chi connectivity index (χ4v) is 5.31. The molecule has 168 valence electrons. The Kier molecular flexibility index (Phi) is 5.06. The van der Waals surface area contributed by atoms with E-state index in [1.165, 1.54) is 22.3 Å². The van der Waals surface area contributed by atoms with E-state index in [1.54, 1.807) is 6.92 Å². The molecule has 1 saturated heterocycles. The maximum Gasteiger partial charge on any atom is 0.260 e. The minimum Gasteiger partial charge on any atom is -0.356 e. The summed E-state index contributed by atoms with van der Waals surface area (Å²) in [6, 6.07) is 10.8. The average Bonchev–Trinajstić information content (AvgIpc) is 3.06. The summed E-state index contributed by atoms with van der Waals surface area (Å²) in [5.41, 5.74) is 9.84. The monoisotopic (exact) mass is 446 g/mol. The maximum atomic E-state index is 13.7. The Morgan fingerprint density at radius 2 is 1.88 bits per heavy atom. The molecule has 1 aliphatic carbocycles. The van der Waals surface area contributed by atoms with Crippen LogP contribution in [0.2, 0.25) is 0 Å². The van der Waals surface area contributed by atoms with Crippen molar-refractivity contribution in [2.45, 2.75) is 32.2 Å². The molecule has 2 aliphatic rings. The number of fused-ring (bicyclic) bond motifs is 1. The number of piperidine rings is 1. The van der Waals surface area contributed by atoms with Crippen LogP contribution in [0, 0.1) is 36.3 Å². The van der Waals surface area contributed by atoms with Crippen LogP contribution in [0.3, 0.4) is 0 Å². The summed E-state index contributed by atoms with van der Waals surface area (Å²) in [5, 5.41) is 0. The molecule has 5 rings (SSSR count). The van der Waals surface area contributed by atoms with Crippen molar-refractivity contribution < 1.29 is 8.78 Å². The van der Waals surface area contributed by atoms with Crippen LogP contribution < -0.4 is 16.2 Å². The molecule has 0 radical (unpaired) electrons. The average molecular weight is 447 g/mol. The molecule has 2 N–H and O–H groups in total. The summed E-state index contributed by atoms with van der Waals surface area (Å²) in [6.07, 6.45) is 8.24. The molecular formula is C26H24F2N4O. The standard InChI is InChI=1S/C26H24F2N4O/c1-3-17-4-5-18-15-26(25(29)20(18)12-17)8-10-31(11-9-26)23-14-24(33)32(16(2)30-23)19-6-7-21(27)22(28)13-19/h1,4-7,12-14,25H,8-11,15,29H2,2H3/t25-/m1/s1. The number of benzene rings is 2. The zero-order chi connectivity index (χ0) is 23.3. The van der Waals surface area contributed by atoms with Crippen LogP contribution in [0.15, 0.2) is 47.3 Å². The summed E-state index contributed by atoms with van der Waals surface area (Å²) < 4.78 is 28.3. The first-order chi connectivity index (χ1) is 15.8. The normalized spacial score (nSPS) is 18.9. The van der Waals surface area contributed by atoms with E-state index in [0.29, 0.717) is 11.6 Å². The lowest BCUT2D eigenvalue weighted by atomic mass is 9.73. The number of hydrogen-bond acceptors (Lipinski definition) is 4. The molecule has 1 spiro atoms. The van der Waals surface area contributed by atoms with Gasteiger partial charge in [0, 0.05) is 36.8 Å². The molecule has 0 unspecified atom stereocenters. The zero-order valence-corrected chi connectivity index (χ0v) is 18.3. The summed E-state index contributed by atoms with van der Waals surface area (Å²) in [6.45, 7) is 3.14. The lowest BCUT2D eigenvalue weighted by molar-refractivity contribution is 0.187. The predicted molar refractivity (Wildman–Crippen MR) is 123 cm³/mol. The van der Waals surface area contributed by atoms with E-state index in [9.17, 15) is 13.6 Å². The topological polar surface area (TPSA) is 64.2 Å². The van der Waals surface area contributed by atoms with E-state index < -0.39 is 11.6 Å². The van der Waals surface area contributed by atoms with E-state index in [-0.39, 0.29) is 22.7 Å². The molecule has 2 heterocycles. The zero-order valence-electron chi connectivity index (χ0n) is 18.3. The van der Waals surface area contributed by atoms with Gasteiger partial charge in [-0.15, -0.1) is 6.42 Å².